The first-order chi connectivity index (χ1) is 9.19. The van der Waals surface area contributed by atoms with Gasteiger partial charge in [0.2, 0.25) is 0 Å². The van der Waals surface area contributed by atoms with Crippen LogP contribution in [-0.4, -0.2) is 23.3 Å². The summed E-state index contributed by atoms with van der Waals surface area (Å²) in [5.74, 6) is -0.140. The van der Waals surface area contributed by atoms with E-state index in [0.29, 0.717) is 17.5 Å². The van der Waals surface area contributed by atoms with Gasteiger partial charge in [-0.25, -0.2) is 9.18 Å². The summed E-state index contributed by atoms with van der Waals surface area (Å²) in [6.45, 7) is 5.86. The van der Waals surface area contributed by atoms with Crippen LogP contribution in [0.1, 0.15) is 27.2 Å². The Morgan fingerprint density at radius 3 is 2.75 bits per heavy atom. The molecule has 0 saturated carbocycles. The van der Waals surface area contributed by atoms with E-state index in [1.54, 1.807) is 26.0 Å². The lowest BCUT2D eigenvalue weighted by atomic mass is 9.92. The summed E-state index contributed by atoms with van der Waals surface area (Å²) in [6, 6.07) is 4.61. The molecular formula is C14H19BrFNO3. The van der Waals surface area contributed by atoms with Crippen LogP contribution in [0.25, 0.3) is 0 Å². The van der Waals surface area contributed by atoms with E-state index in [1.807, 2.05) is 6.92 Å². The molecule has 1 atom stereocenters. The monoisotopic (exact) mass is 347 g/mol. The van der Waals surface area contributed by atoms with Gasteiger partial charge in [-0.1, -0.05) is 22.9 Å². The molecule has 0 radical (unpaired) electrons. The van der Waals surface area contributed by atoms with Gasteiger partial charge in [0.25, 0.3) is 0 Å². The molecule has 0 spiro atoms. The van der Waals surface area contributed by atoms with E-state index in [9.17, 15) is 9.18 Å². The van der Waals surface area contributed by atoms with Crippen molar-refractivity contribution in [1.82, 2.24) is 5.32 Å². The Morgan fingerprint density at radius 1 is 1.55 bits per heavy atom. The fraction of sp³-hybridized carbons (Fsp3) is 0.500. The molecule has 2 N–H and O–H groups in total. The topological polar surface area (TPSA) is 58.6 Å². The number of hydrogen-bond donors (Lipinski definition) is 2. The molecule has 0 aliphatic rings. The third-order valence-corrected chi connectivity index (χ3v) is 3.21. The maximum Gasteiger partial charge on any atom is 0.405 e. The Bertz CT molecular complexity index is 479. The molecule has 112 valence electrons. The molecule has 0 aliphatic carbocycles. The summed E-state index contributed by atoms with van der Waals surface area (Å²) in [5.41, 5.74) is -0.549. The van der Waals surface area contributed by atoms with E-state index in [0.717, 1.165) is 0 Å². The number of benzene rings is 1. The Hall–Kier alpha value is -1.30. The number of hydrogen-bond acceptors (Lipinski definition) is 2. The van der Waals surface area contributed by atoms with E-state index in [1.165, 1.54) is 6.07 Å². The molecule has 0 fully saturated rings. The number of carbonyl (C=O) groups is 1. The predicted octanol–water partition coefficient (Wildman–Crippen LogP) is 4.04. The highest BCUT2D eigenvalue weighted by molar-refractivity contribution is 9.10. The molecule has 0 aromatic heterocycles. The number of nitrogens with one attached hydrogen (secondary N) is 1. The average molecular weight is 348 g/mol. The van der Waals surface area contributed by atoms with Crippen molar-refractivity contribution in [3.8, 4) is 5.75 Å². The van der Waals surface area contributed by atoms with Crippen molar-refractivity contribution in [3.63, 3.8) is 0 Å². The zero-order chi connectivity index (χ0) is 15.3. The minimum Gasteiger partial charge on any atom is -0.490 e. The molecule has 6 heteroatoms. The standard InChI is InChI=1S/C14H19BrFNO3/c1-9(7-14(2,3)17-13(18)19)8-20-12-5-4-10(15)6-11(12)16/h4-6,9,17H,7-8H2,1-3H3,(H,18,19)/t9-/m0/s1. The minimum absolute atomic E-state index is 0.0832. The van der Waals surface area contributed by atoms with Crippen LogP contribution in [0, 0.1) is 11.7 Å². The summed E-state index contributed by atoms with van der Waals surface area (Å²) in [7, 11) is 0. The average Bonchev–Trinajstić information content (AvgIpc) is 2.24. The summed E-state index contributed by atoms with van der Waals surface area (Å²) in [6.07, 6.45) is -0.459. The van der Waals surface area contributed by atoms with E-state index in [-0.39, 0.29) is 11.7 Å². The van der Waals surface area contributed by atoms with Crippen LogP contribution in [0.4, 0.5) is 9.18 Å². The van der Waals surface area contributed by atoms with E-state index in [4.69, 9.17) is 9.84 Å². The lowest BCUT2D eigenvalue weighted by molar-refractivity contribution is 0.168. The number of amides is 1. The second-order valence-electron chi connectivity index (χ2n) is 5.51. The van der Waals surface area contributed by atoms with Crippen LogP contribution in [0.5, 0.6) is 5.75 Å². The van der Waals surface area contributed by atoms with Crippen molar-refractivity contribution in [3.05, 3.63) is 28.5 Å². The van der Waals surface area contributed by atoms with Crippen LogP contribution in [0.15, 0.2) is 22.7 Å². The number of ether oxygens (including phenoxy) is 1. The Morgan fingerprint density at radius 2 is 2.20 bits per heavy atom. The van der Waals surface area contributed by atoms with E-state index >= 15 is 0 Å². The molecule has 0 saturated heterocycles. The van der Waals surface area contributed by atoms with Crippen molar-refractivity contribution in [2.24, 2.45) is 5.92 Å². The molecule has 1 aromatic rings. The lowest BCUT2D eigenvalue weighted by Crippen LogP contribution is -2.44. The molecule has 1 aromatic carbocycles. The van der Waals surface area contributed by atoms with Gasteiger partial charge in [-0.3, -0.25) is 0 Å². The third kappa shape index (κ3) is 5.77. The third-order valence-electron chi connectivity index (χ3n) is 2.72. The first-order valence-electron chi connectivity index (χ1n) is 6.28. The van der Waals surface area contributed by atoms with E-state index in [2.05, 4.69) is 21.2 Å². The summed E-state index contributed by atoms with van der Waals surface area (Å²) < 4.78 is 19.7. The minimum atomic E-state index is -1.05. The maximum atomic E-state index is 13.6. The van der Waals surface area contributed by atoms with Crippen LogP contribution in [0.2, 0.25) is 0 Å². The molecule has 0 unspecified atom stereocenters. The molecule has 0 bridgehead atoms. The molecular weight excluding hydrogens is 329 g/mol. The van der Waals surface area contributed by atoms with Gasteiger partial charge in [-0.15, -0.1) is 0 Å². The smallest absolute Gasteiger partial charge is 0.405 e. The Kier molecular flexibility index (Phi) is 5.80. The quantitative estimate of drug-likeness (QED) is 0.816. The predicted molar refractivity (Wildman–Crippen MR) is 78.6 cm³/mol. The zero-order valence-electron chi connectivity index (χ0n) is 11.7. The van der Waals surface area contributed by atoms with Gasteiger partial charge < -0.3 is 15.2 Å². The zero-order valence-corrected chi connectivity index (χ0v) is 13.3. The molecule has 20 heavy (non-hydrogen) atoms. The molecule has 4 nitrogen and oxygen atoms in total. The largest absolute Gasteiger partial charge is 0.490 e. The van der Waals surface area contributed by atoms with Gasteiger partial charge in [-0.05, 0) is 44.4 Å². The fourth-order valence-electron chi connectivity index (χ4n) is 2.09. The van der Waals surface area contributed by atoms with Crippen molar-refractivity contribution in [1.29, 1.82) is 0 Å². The lowest BCUT2D eigenvalue weighted by Gasteiger charge is -2.27. The van der Waals surface area contributed by atoms with Crippen LogP contribution in [0.3, 0.4) is 0 Å². The van der Waals surface area contributed by atoms with Gasteiger partial charge in [-0.2, -0.15) is 0 Å². The van der Waals surface area contributed by atoms with Crippen molar-refractivity contribution >= 4 is 22.0 Å². The van der Waals surface area contributed by atoms with Crippen LogP contribution < -0.4 is 10.1 Å². The van der Waals surface area contributed by atoms with Gasteiger partial charge in [0.05, 0.1) is 6.61 Å². The van der Waals surface area contributed by atoms with Crippen molar-refractivity contribution in [2.75, 3.05) is 6.61 Å². The highest BCUT2D eigenvalue weighted by atomic mass is 79.9. The van der Waals surface area contributed by atoms with Crippen molar-refractivity contribution in [2.45, 2.75) is 32.7 Å². The molecule has 1 amide bonds. The summed E-state index contributed by atoms with van der Waals surface area (Å²) >= 11 is 3.18. The molecule has 0 heterocycles. The Balaban J connectivity index is 2.50. The second-order valence-corrected chi connectivity index (χ2v) is 6.42. The van der Waals surface area contributed by atoms with Crippen LogP contribution in [-0.2, 0) is 0 Å². The molecule has 0 aliphatic heterocycles. The molecule has 1 rings (SSSR count). The maximum absolute atomic E-state index is 13.6. The first-order valence-corrected chi connectivity index (χ1v) is 7.08. The second kappa shape index (κ2) is 6.92. The highest BCUT2D eigenvalue weighted by Crippen LogP contribution is 2.23. The van der Waals surface area contributed by atoms with Gasteiger partial charge in [0.1, 0.15) is 0 Å². The first kappa shape index (κ1) is 16.8. The Labute approximate surface area is 126 Å². The number of halogens is 2. The normalized spacial score (nSPS) is 12.8. The van der Waals surface area contributed by atoms with Crippen LogP contribution >= 0.6 is 15.9 Å². The van der Waals surface area contributed by atoms with Crippen molar-refractivity contribution < 1.29 is 19.0 Å². The van der Waals surface area contributed by atoms with Gasteiger partial charge >= 0.3 is 6.09 Å². The highest BCUT2D eigenvalue weighted by Gasteiger charge is 2.23. The van der Waals surface area contributed by atoms with Gasteiger partial charge in [0.15, 0.2) is 11.6 Å². The summed E-state index contributed by atoms with van der Waals surface area (Å²) in [5, 5.41) is 11.2. The van der Waals surface area contributed by atoms with E-state index < -0.39 is 17.4 Å². The summed E-state index contributed by atoms with van der Waals surface area (Å²) in [4.78, 5) is 10.7. The van der Waals surface area contributed by atoms with Gasteiger partial charge in [0, 0.05) is 10.0 Å². The SMILES string of the molecule is C[C@H](COc1ccc(Br)cc1F)CC(C)(C)NC(=O)O. The number of carboxylic acid groups (broad SMARTS) is 1. The fourth-order valence-corrected chi connectivity index (χ4v) is 2.43. The number of rotatable bonds is 6.